The number of nitrogens with one attached hydrogen (secondary N) is 1. The molecule has 0 aliphatic heterocycles. The summed E-state index contributed by atoms with van der Waals surface area (Å²) in [4.78, 5) is 0. The largest absolute Gasteiger partial charge is 0.396 e. The molecule has 3 rings (SSSR count). The summed E-state index contributed by atoms with van der Waals surface area (Å²) in [7, 11) is 0. The van der Waals surface area contributed by atoms with Crippen molar-refractivity contribution >= 4 is 21.4 Å². The van der Waals surface area contributed by atoms with Gasteiger partial charge < -0.3 is 10.4 Å². The minimum absolute atomic E-state index is 0.321. The fourth-order valence-corrected chi connectivity index (χ4v) is 3.90. The summed E-state index contributed by atoms with van der Waals surface area (Å²) in [6, 6.07) is 9.06. The van der Waals surface area contributed by atoms with Gasteiger partial charge in [0.1, 0.15) is 0 Å². The maximum absolute atomic E-state index is 9.33. The second-order valence-corrected chi connectivity index (χ2v) is 6.03. The number of aliphatic hydroxyl groups is 1. The second-order valence-electron chi connectivity index (χ2n) is 5.12. The summed E-state index contributed by atoms with van der Waals surface area (Å²) in [6.45, 7) is 1.24. The molecule has 1 aromatic heterocycles. The van der Waals surface area contributed by atoms with E-state index in [0.717, 1.165) is 6.54 Å². The molecule has 1 saturated carbocycles. The molecule has 2 unspecified atom stereocenters. The Morgan fingerprint density at radius 2 is 2.17 bits per heavy atom. The van der Waals surface area contributed by atoms with Crippen molar-refractivity contribution in [2.24, 2.45) is 5.92 Å². The minimum atomic E-state index is 0.321. The molecule has 0 spiro atoms. The summed E-state index contributed by atoms with van der Waals surface area (Å²) in [5.41, 5.74) is 1.39. The number of rotatable bonds is 4. The molecular formula is C15H19NOS. The van der Waals surface area contributed by atoms with Crippen LogP contribution in [0.3, 0.4) is 0 Å². The van der Waals surface area contributed by atoms with Gasteiger partial charge in [-0.05, 0) is 41.2 Å². The van der Waals surface area contributed by atoms with E-state index in [1.165, 1.54) is 34.9 Å². The molecule has 2 atom stereocenters. The Labute approximate surface area is 112 Å². The first-order chi connectivity index (χ1) is 8.88. The average Bonchev–Trinajstić information content (AvgIpc) is 3.02. The Balaban J connectivity index is 1.69. The summed E-state index contributed by atoms with van der Waals surface area (Å²) in [5, 5.41) is 16.6. The highest BCUT2D eigenvalue weighted by atomic mass is 32.1. The number of fused-ring (bicyclic) bond motifs is 1. The number of hydrogen-bond donors (Lipinski definition) is 2. The van der Waals surface area contributed by atoms with Crippen LogP contribution in [0.1, 0.15) is 24.8 Å². The van der Waals surface area contributed by atoms with Crippen molar-refractivity contribution in [3.8, 4) is 0 Å². The first-order valence-corrected chi connectivity index (χ1v) is 7.56. The van der Waals surface area contributed by atoms with E-state index in [2.05, 4.69) is 35.0 Å². The zero-order chi connectivity index (χ0) is 12.4. The van der Waals surface area contributed by atoms with E-state index in [0.29, 0.717) is 18.6 Å². The smallest absolute Gasteiger partial charge is 0.0474 e. The third-order valence-corrected chi connectivity index (χ3v) is 5.02. The topological polar surface area (TPSA) is 32.3 Å². The van der Waals surface area contributed by atoms with Crippen molar-refractivity contribution in [1.29, 1.82) is 0 Å². The van der Waals surface area contributed by atoms with E-state index >= 15 is 0 Å². The molecule has 96 valence electrons. The monoisotopic (exact) mass is 261 g/mol. The van der Waals surface area contributed by atoms with Crippen LogP contribution in [0.2, 0.25) is 0 Å². The van der Waals surface area contributed by atoms with Gasteiger partial charge in [-0.15, -0.1) is 11.3 Å². The molecule has 1 fully saturated rings. The summed E-state index contributed by atoms with van der Waals surface area (Å²) >= 11 is 1.81. The third-order valence-electron chi connectivity index (χ3n) is 4.01. The first kappa shape index (κ1) is 12.2. The van der Waals surface area contributed by atoms with Crippen molar-refractivity contribution in [3.05, 3.63) is 35.2 Å². The number of thiophene rings is 1. The van der Waals surface area contributed by atoms with Crippen LogP contribution in [0.25, 0.3) is 10.1 Å². The van der Waals surface area contributed by atoms with Gasteiger partial charge in [0.2, 0.25) is 0 Å². The van der Waals surface area contributed by atoms with Gasteiger partial charge in [-0.1, -0.05) is 24.6 Å². The molecule has 1 aliphatic rings. The van der Waals surface area contributed by atoms with E-state index in [9.17, 15) is 5.11 Å². The van der Waals surface area contributed by atoms with Crippen molar-refractivity contribution in [2.75, 3.05) is 6.61 Å². The van der Waals surface area contributed by atoms with Crippen molar-refractivity contribution in [2.45, 2.75) is 31.8 Å². The number of benzene rings is 1. The molecule has 0 radical (unpaired) electrons. The Hall–Kier alpha value is -0.900. The zero-order valence-corrected chi connectivity index (χ0v) is 11.2. The summed E-state index contributed by atoms with van der Waals surface area (Å²) in [6.07, 6.45) is 3.61. The molecule has 1 aliphatic carbocycles. The molecule has 18 heavy (non-hydrogen) atoms. The SMILES string of the molecule is OCC1CCCC1NCc1csc2ccccc12. The van der Waals surface area contributed by atoms with Crippen LogP contribution in [0, 0.1) is 5.92 Å². The van der Waals surface area contributed by atoms with Crippen LogP contribution in [0.15, 0.2) is 29.6 Å². The fourth-order valence-electron chi connectivity index (χ4n) is 2.93. The molecule has 2 N–H and O–H groups in total. The first-order valence-electron chi connectivity index (χ1n) is 6.68. The number of aliphatic hydroxyl groups excluding tert-OH is 1. The van der Waals surface area contributed by atoms with Gasteiger partial charge in [0.05, 0.1) is 0 Å². The van der Waals surface area contributed by atoms with Crippen molar-refractivity contribution in [1.82, 2.24) is 5.32 Å². The number of hydrogen-bond acceptors (Lipinski definition) is 3. The molecular weight excluding hydrogens is 242 g/mol. The van der Waals surface area contributed by atoms with E-state index < -0.39 is 0 Å². The standard InChI is InChI=1S/C15H19NOS/c17-9-11-4-3-6-14(11)16-8-12-10-18-15-7-2-1-5-13(12)15/h1-2,5,7,10-11,14,16-17H,3-4,6,8-9H2. The van der Waals surface area contributed by atoms with Crippen LogP contribution in [-0.2, 0) is 6.54 Å². The van der Waals surface area contributed by atoms with Crippen LogP contribution in [0.4, 0.5) is 0 Å². The lowest BCUT2D eigenvalue weighted by atomic mass is 10.0. The van der Waals surface area contributed by atoms with Gasteiger partial charge in [0.25, 0.3) is 0 Å². The predicted molar refractivity (Wildman–Crippen MR) is 76.9 cm³/mol. The molecule has 0 bridgehead atoms. The summed E-state index contributed by atoms with van der Waals surface area (Å²) < 4.78 is 1.36. The highest BCUT2D eigenvalue weighted by Crippen LogP contribution is 2.28. The fraction of sp³-hybridized carbons (Fsp3) is 0.467. The highest BCUT2D eigenvalue weighted by Gasteiger charge is 2.25. The maximum Gasteiger partial charge on any atom is 0.0474 e. The molecule has 3 heteroatoms. The Morgan fingerprint density at radius 3 is 3.06 bits per heavy atom. The quantitative estimate of drug-likeness (QED) is 0.886. The lowest BCUT2D eigenvalue weighted by Gasteiger charge is -2.18. The van der Waals surface area contributed by atoms with Gasteiger partial charge in [0, 0.05) is 23.9 Å². The van der Waals surface area contributed by atoms with Gasteiger partial charge in [-0.3, -0.25) is 0 Å². The van der Waals surface area contributed by atoms with E-state index in [4.69, 9.17) is 0 Å². The molecule has 0 saturated heterocycles. The van der Waals surface area contributed by atoms with E-state index in [-0.39, 0.29) is 0 Å². The van der Waals surface area contributed by atoms with Gasteiger partial charge >= 0.3 is 0 Å². The van der Waals surface area contributed by atoms with E-state index in [1.807, 2.05) is 11.3 Å². The predicted octanol–water partition coefficient (Wildman–Crippen LogP) is 3.15. The Morgan fingerprint density at radius 1 is 1.28 bits per heavy atom. The lowest BCUT2D eigenvalue weighted by Crippen LogP contribution is -2.33. The average molecular weight is 261 g/mol. The Bertz CT molecular complexity index is 522. The molecule has 1 aromatic carbocycles. The summed E-state index contributed by atoms with van der Waals surface area (Å²) in [5.74, 6) is 0.454. The van der Waals surface area contributed by atoms with Gasteiger partial charge in [-0.25, -0.2) is 0 Å². The van der Waals surface area contributed by atoms with Crippen LogP contribution in [0.5, 0.6) is 0 Å². The van der Waals surface area contributed by atoms with Gasteiger partial charge in [0.15, 0.2) is 0 Å². The van der Waals surface area contributed by atoms with Crippen LogP contribution in [-0.4, -0.2) is 17.8 Å². The third kappa shape index (κ3) is 2.30. The lowest BCUT2D eigenvalue weighted by molar-refractivity contribution is 0.205. The second kappa shape index (κ2) is 5.39. The highest BCUT2D eigenvalue weighted by molar-refractivity contribution is 7.17. The Kier molecular flexibility index (Phi) is 3.64. The van der Waals surface area contributed by atoms with E-state index in [1.54, 1.807) is 0 Å². The molecule has 2 nitrogen and oxygen atoms in total. The van der Waals surface area contributed by atoms with Gasteiger partial charge in [-0.2, -0.15) is 0 Å². The maximum atomic E-state index is 9.33. The minimum Gasteiger partial charge on any atom is -0.396 e. The zero-order valence-electron chi connectivity index (χ0n) is 10.4. The molecule has 1 heterocycles. The van der Waals surface area contributed by atoms with Crippen LogP contribution >= 0.6 is 11.3 Å². The molecule has 0 amide bonds. The van der Waals surface area contributed by atoms with Crippen molar-refractivity contribution in [3.63, 3.8) is 0 Å². The van der Waals surface area contributed by atoms with Crippen LogP contribution < -0.4 is 5.32 Å². The van der Waals surface area contributed by atoms with Crippen molar-refractivity contribution < 1.29 is 5.11 Å². The molecule has 2 aromatic rings. The normalized spacial score (nSPS) is 23.8.